The molecule has 2 aromatic rings. The summed E-state index contributed by atoms with van der Waals surface area (Å²) in [4.78, 5) is 0. The van der Waals surface area contributed by atoms with Crippen LogP contribution < -0.4 is 5.32 Å². The van der Waals surface area contributed by atoms with Crippen LogP contribution in [0.2, 0.25) is 0 Å². The van der Waals surface area contributed by atoms with Gasteiger partial charge < -0.3 is 0 Å². The molecule has 0 saturated carbocycles. The van der Waals surface area contributed by atoms with Crippen LogP contribution in [0, 0.1) is 58.2 Å². The van der Waals surface area contributed by atoms with Crippen LogP contribution in [0.15, 0.2) is 0 Å². The number of benzene rings is 2. The third-order valence-electron chi connectivity index (χ3n) is 3.01. The fourth-order valence-corrected chi connectivity index (χ4v) is 1.74. The largest absolute Gasteiger partial charge is 0.291 e. The molecule has 0 radical (unpaired) electrons. The van der Waals surface area contributed by atoms with Gasteiger partial charge in [0.2, 0.25) is 11.6 Å². The molecular weight excluding hydrogens is 403 g/mol. The van der Waals surface area contributed by atoms with Crippen molar-refractivity contribution in [2.24, 2.45) is 0 Å². The first-order valence-electron chi connectivity index (χ1n) is 6.82. The topological polar surface area (TPSA) is 12.0 Å². The highest BCUT2D eigenvalue weighted by Gasteiger charge is 2.34. The molecule has 1 nitrogen and oxygen atoms in total. The lowest BCUT2D eigenvalue weighted by molar-refractivity contribution is 0.370. The van der Waals surface area contributed by atoms with Gasteiger partial charge in [-0.15, -0.1) is 0 Å². The van der Waals surface area contributed by atoms with E-state index in [2.05, 4.69) is 5.32 Å². The Kier molecular flexibility index (Phi) is 7.57. The van der Waals surface area contributed by atoms with E-state index in [1.807, 2.05) is 6.92 Å². The summed E-state index contributed by atoms with van der Waals surface area (Å²) in [6.07, 6.45) is 0. The molecule has 0 saturated heterocycles. The van der Waals surface area contributed by atoms with Crippen LogP contribution in [0.3, 0.4) is 0 Å². The molecule has 27 heavy (non-hydrogen) atoms. The smallest absolute Gasteiger partial charge is 0.200 e. The summed E-state index contributed by atoms with van der Waals surface area (Å²) in [5, 5.41) is 2.44. The zero-order chi connectivity index (χ0) is 21.0. The summed E-state index contributed by atoms with van der Waals surface area (Å²) in [6.45, 7) is 2.17. The molecule has 0 atom stereocenters. The Bertz CT molecular complexity index is 723. The van der Waals surface area contributed by atoms with E-state index >= 15 is 0 Å². The van der Waals surface area contributed by atoms with E-state index in [-0.39, 0.29) is 0 Å². The van der Waals surface area contributed by atoms with E-state index in [1.165, 1.54) is 0 Å². The van der Waals surface area contributed by atoms with Gasteiger partial charge in [0.05, 0.1) is 11.1 Å². The molecule has 150 valence electrons. The standard InChI is InChI=1S/C12F10.C3H8FN/c13-3-1(4(14)8(18)11(21)7(3)17)2-5(15)9(19)12(22)10(20)6(2)16;1-2-5-3-4/h;5H,2-3H2,1H3. The Morgan fingerprint density at radius 3 is 0.852 bits per heavy atom. The third-order valence-corrected chi connectivity index (χ3v) is 3.01. The second-order valence-electron chi connectivity index (χ2n) is 4.63. The normalized spacial score (nSPS) is 10.7. The van der Waals surface area contributed by atoms with Crippen molar-refractivity contribution in [3.05, 3.63) is 58.2 Å². The Labute approximate surface area is 144 Å². The fraction of sp³-hybridized carbons (Fsp3) is 0.200. The van der Waals surface area contributed by atoms with Crippen molar-refractivity contribution >= 4 is 0 Å². The van der Waals surface area contributed by atoms with Crippen LogP contribution in [0.25, 0.3) is 11.1 Å². The van der Waals surface area contributed by atoms with Gasteiger partial charge in [-0.3, -0.25) is 5.32 Å². The SMILES string of the molecule is CCNCF.Fc1c(F)c(F)c(-c2c(F)c(F)c(F)c(F)c2F)c(F)c1F. The number of rotatable bonds is 3. The molecule has 0 unspecified atom stereocenters. The highest BCUT2D eigenvalue weighted by molar-refractivity contribution is 5.67. The van der Waals surface area contributed by atoms with E-state index in [0.29, 0.717) is 0 Å². The van der Waals surface area contributed by atoms with Gasteiger partial charge in [-0.05, 0) is 6.54 Å². The monoisotopic (exact) mass is 411 g/mol. The average molecular weight is 411 g/mol. The van der Waals surface area contributed by atoms with Gasteiger partial charge >= 0.3 is 0 Å². The maximum atomic E-state index is 13.4. The molecule has 0 aliphatic rings. The molecule has 0 spiro atoms. The van der Waals surface area contributed by atoms with Crippen molar-refractivity contribution in [3.8, 4) is 11.1 Å². The van der Waals surface area contributed by atoms with Crippen LogP contribution in [0.4, 0.5) is 48.3 Å². The molecule has 2 aromatic carbocycles. The van der Waals surface area contributed by atoms with E-state index in [0.717, 1.165) is 6.54 Å². The lowest BCUT2D eigenvalue weighted by Gasteiger charge is -2.11. The number of halogens is 11. The summed E-state index contributed by atoms with van der Waals surface area (Å²) in [5.74, 6) is -26.6. The van der Waals surface area contributed by atoms with Crippen LogP contribution in [0.1, 0.15) is 6.92 Å². The van der Waals surface area contributed by atoms with Crippen molar-refractivity contribution < 1.29 is 48.3 Å². The lowest BCUT2D eigenvalue weighted by Crippen LogP contribution is -2.10. The van der Waals surface area contributed by atoms with E-state index < -0.39 is 76.1 Å². The highest BCUT2D eigenvalue weighted by atomic mass is 19.2. The lowest BCUT2D eigenvalue weighted by atomic mass is 10.0. The maximum Gasteiger partial charge on any atom is 0.200 e. The minimum absolute atomic E-state index is 0.406. The van der Waals surface area contributed by atoms with Crippen LogP contribution in [-0.4, -0.2) is 13.3 Å². The van der Waals surface area contributed by atoms with E-state index in [1.54, 1.807) is 0 Å². The van der Waals surface area contributed by atoms with Crippen molar-refractivity contribution in [3.63, 3.8) is 0 Å². The van der Waals surface area contributed by atoms with E-state index in [9.17, 15) is 48.3 Å². The molecule has 0 aromatic heterocycles. The molecule has 0 bridgehead atoms. The van der Waals surface area contributed by atoms with Crippen molar-refractivity contribution in [2.45, 2.75) is 6.92 Å². The second-order valence-corrected chi connectivity index (χ2v) is 4.63. The molecule has 1 N–H and O–H groups in total. The van der Waals surface area contributed by atoms with Crippen molar-refractivity contribution in [1.82, 2.24) is 5.32 Å². The quantitative estimate of drug-likeness (QED) is 0.314. The summed E-state index contributed by atoms with van der Waals surface area (Å²) >= 11 is 0. The van der Waals surface area contributed by atoms with Gasteiger partial charge in [0, 0.05) is 0 Å². The first-order chi connectivity index (χ1) is 12.5. The molecular formula is C15H8F11N. The van der Waals surface area contributed by atoms with Gasteiger partial charge in [0.25, 0.3) is 0 Å². The summed E-state index contributed by atoms with van der Waals surface area (Å²) in [5.41, 5.74) is -4.52. The van der Waals surface area contributed by atoms with Gasteiger partial charge in [-0.1, -0.05) is 6.92 Å². The van der Waals surface area contributed by atoms with Gasteiger partial charge in [-0.25, -0.2) is 48.3 Å². The first-order valence-corrected chi connectivity index (χ1v) is 6.82. The Morgan fingerprint density at radius 2 is 0.704 bits per heavy atom. The zero-order valence-corrected chi connectivity index (χ0v) is 13.1. The Morgan fingerprint density at radius 1 is 0.481 bits per heavy atom. The maximum absolute atomic E-state index is 13.4. The summed E-state index contributed by atoms with van der Waals surface area (Å²) < 4.78 is 142. The zero-order valence-electron chi connectivity index (χ0n) is 13.1. The minimum Gasteiger partial charge on any atom is -0.291 e. The fourth-order valence-electron chi connectivity index (χ4n) is 1.74. The average Bonchev–Trinajstić information content (AvgIpc) is 2.65. The molecule has 0 fully saturated rings. The predicted octanol–water partition coefficient (Wildman–Crippen LogP) is 5.27. The van der Waals surface area contributed by atoms with E-state index in [4.69, 9.17) is 0 Å². The predicted molar refractivity (Wildman–Crippen MR) is 71.1 cm³/mol. The first kappa shape index (κ1) is 22.7. The second kappa shape index (κ2) is 9.02. The Hall–Kier alpha value is -2.37. The summed E-state index contributed by atoms with van der Waals surface area (Å²) in [6, 6.07) is 0. The number of nitrogens with one attached hydrogen (secondary N) is 1. The van der Waals surface area contributed by atoms with Crippen LogP contribution in [-0.2, 0) is 0 Å². The molecule has 0 heterocycles. The number of hydrogen-bond acceptors (Lipinski definition) is 1. The molecule has 0 aliphatic carbocycles. The van der Waals surface area contributed by atoms with Gasteiger partial charge in [0.1, 0.15) is 6.80 Å². The number of hydrogen-bond donors (Lipinski definition) is 1. The molecule has 0 aliphatic heterocycles. The number of alkyl halides is 1. The van der Waals surface area contributed by atoms with Crippen molar-refractivity contribution in [1.29, 1.82) is 0 Å². The van der Waals surface area contributed by atoms with Crippen LogP contribution >= 0.6 is 0 Å². The molecule has 2 rings (SSSR count). The third kappa shape index (κ3) is 4.15. The highest BCUT2D eigenvalue weighted by Crippen LogP contribution is 2.37. The molecule has 0 amide bonds. The van der Waals surface area contributed by atoms with Gasteiger partial charge in [-0.2, -0.15) is 0 Å². The van der Waals surface area contributed by atoms with Crippen molar-refractivity contribution in [2.75, 3.05) is 13.3 Å². The van der Waals surface area contributed by atoms with Gasteiger partial charge in [0.15, 0.2) is 46.5 Å². The summed E-state index contributed by atoms with van der Waals surface area (Å²) in [7, 11) is 0. The Balaban J connectivity index is 0.000000646. The molecule has 12 heteroatoms. The van der Waals surface area contributed by atoms with Crippen LogP contribution in [0.5, 0.6) is 0 Å². The minimum atomic E-state index is -2.68.